The van der Waals surface area contributed by atoms with Crippen LogP contribution in [-0.4, -0.2) is 67.9 Å². The summed E-state index contributed by atoms with van der Waals surface area (Å²) in [6.07, 6.45) is 0.164. The van der Waals surface area contributed by atoms with Crippen molar-refractivity contribution in [3.63, 3.8) is 0 Å². The van der Waals surface area contributed by atoms with E-state index in [1.54, 1.807) is 18.2 Å². The Morgan fingerprint density at radius 3 is 2.58 bits per heavy atom. The number of amidine groups is 1. The summed E-state index contributed by atoms with van der Waals surface area (Å²) in [5.41, 5.74) is 3.34. The molecule has 1 aliphatic heterocycles. The Bertz CT molecular complexity index is 1020. The third-order valence-electron chi connectivity index (χ3n) is 5.27. The van der Waals surface area contributed by atoms with Gasteiger partial charge in [-0.1, -0.05) is 18.2 Å². The van der Waals surface area contributed by atoms with Crippen molar-refractivity contribution in [2.24, 2.45) is 4.99 Å². The molecule has 2 aromatic rings. The smallest absolute Gasteiger partial charge is 0.361 e. The second-order valence-corrected chi connectivity index (χ2v) is 10.7. The molecular formula is C22H27N3O5Si. The Hall–Kier alpha value is -2.85. The summed E-state index contributed by atoms with van der Waals surface area (Å²) in [6.45, 7) is 2.37. The van der Waals surface area contributed by atoms with Gasteiger partial charge in [0.05, 0.1) is 17.4 Å². The molecule has 0 saturated heterocycles. The van der Waals surface area contributed by atoms with E-state index in [4.69, 9.17) is 4.43 Å². The van der Waals surface area contributed by atoms with Crippen LogP contribution >= 0.6 is 0 Å². The van der Waals surface area contributed by atoms with Crippen LogP contribution < -0.4 is 5.32 Å². The van der Waals surface area contributed by atoms with Crippen molar-refractivity contribution in [3.8, 4) is 0 Å². The summed E-state index contributed by atoms with van der Waals surface area (Å²) in [6, 6.07) is 13.2. The van der Waals surface area contributed by atoms with E-state index >= 15 is 0 Å². The molecule has 1 aliphatic rings. The second-order valence-electron chi connectivity index (χ2n) is 7.57. The number of rotatable bonds is 8. The minimum absolute atomic E-state index is 0.315. The molecule has 0 bridgehead atoms. The lowest BCUT2D eigenvalue weighted by Crippen LogP contribution is -2.42. The van der Waals surface area contributed by atoms with Crippen LogP contribution in [0, 0.1) is 6.92 Å². The highest BCUT2D eigenvalue weighted by Crippen LogP contribution is 2.24. The predicted octanol–water partition coefficient (Wildman–Crippen LogP) is 2.08. The number of aryl methyl sites for hydroxylation is 1. The van der Waals surface area contributed by atoms with Gasteiger partial charge >= 0.3 is 8.56 Å². The Morgan fingerprint density at radius 1 is 1.16 bits per heavy atom. The van der Waals surface area contributed by atoms with Gasteiger partial charge in [-0.15, -0.1) is 0 Å². The van der Waals surface area contributed by atoms with E-state index in [2.05, 4.69) is 10.3 Å². The van der Waals surface area contributed by atoms with Gasteiger partial charge in [-0.2, -0.15) is 0 Å². The van der Waals surface area contributed by atoms with Gasteiger partial charge < -0.3 is 19.6 Å². The van der Waals surface area contributed by atoms with Gasteiger partial charge in [0.1, 0.15) is 5.84 Å². The van der Waals surface area contributed by atoms with Gasteiger partial charge in [-0.25, -0.2) is 0 Å². The number of benzene rings is 2. The van der Waals surface area contributed by atoms with E-state index in [0.717, 1.165) is 16.2 Å². The summed E-state index contributed by atoms with van der Waals surface area (Å²) >= 11 is 0. The van der Waals surface area contributed by atoms with Crippen LogP contribution in [0.1, 0.15) is 38.3 Å². The molecule has 2 amide bonds. The first-order valence-electron chi connectivity index (χ1n) is 10.0. The number of hydrogen-bond acceptors (Lipinski definition) is 6. The van der Waals surface area contributed by atoms with E-state index in [-0.39, 0.29) is 18.0 Å². The largest absolute Gasteiger partial charge is 0.409 e. The van der Waals surface area contributed by atoms with Crippen molar-refractivity contribution in [1.29, 1.82) is 0 Å². The quantitative estimate of drug-likeness (QED) is 0.190. The number of nitrogens with zero attached hydrogens (tertiary/aromatic N) is 2. The van der Waals surface area contributed by atoms with Crippen molar-refractivity contribution in [2.45, 2.75) is 19.4 Å². The first-order valence-corrected chi connectivity index (χ1v) is 12.3. The van der Waals surface area contributed by atoms with E-state index < -0.39 is 8.56 Å². The molecule has 31 heavy (non-hydrogen) atoms. The number of imide groups is 1. The molecule has 1 atom stereocenters. The SMILES string of the molecule is CO[Si](O)(CO)CCCN=C(Nc1cccc(C)c1)c1ccc2c(c1)C(=O)N(C)C2=O. The Balaban J connectivity index is 1.88. The fraction of sp³-hybridized carbons (Fsp3) is 0.318. The van der Waals surface area contributed by atoms with E-state index in [1.807, 2.05) is 31.2 Å². The first kappa shape index (κ1) is 22.8. The number of fused-ring (bicyclic) bond motifs is 1. The van der Waals surface area contributed by atoms with Crippen LogP contribution in [0.2, 0.25) is 6.04 Å². The van der Waals surface area contributed by atoms with Crippen molar-refractivity contribution in [2.75, 3.05) is 32.2 Å². The number of aliphatic imine (C=N–C) groups is 1. The van der Waals surface area contributed by atoms with Crippen LogP contribution in [0.25, 0.3) is 0 Å². The molecule has 164 valence electrons. The highest BCUT2D eigenvalue weighted by Gasteiger charge is 2.33. The maximum absolute atomic E-state index is 12.4. The molecule has 0 fully saturated rings. The van der Waals surface area contributed by atoms with E-state index in [0.29, 0.717) is 41.5 Å². The van der Waals surface area contributed by atoms with Crippen LogP contribution in [-0.2, 0) is 4.43 Å². The number of hydrogen-bond donors (Lipinski definition) is 3. The van der Waals surface area contributed by atoms with Gasteiger partial charge in [0, 0.05) is 32.0 Å². The van der Waals surface area contributed by atoms with E-state index in [9.17, 15) is 19.5 Å². The van der Waals surface area contributed by atoms with Gasteiger partial charge in [0.25, 0.3) is 11.8 Å². The molecule has 1 heterocycles. The normalized spacial score (nSPS) is 15.8. The average molecular weight is 442 g/mol. The molecule has 0 radical (unpaired) electrons. The zero-order valence-corrected chi connectivity index (χ0v) is 18.9. The number of aliphatic hydroxyl groups is 1. The molecule has 0 saturated carbocycles. The maximum Gasteiger partial charge on any atom is 0.361 e. The lowest BCUT2D eigenvalue weighted by molar-refractivity contribution is 0.0693. The van der Waals surface area contributed by atoms with Gasteiger partial charge in [0.2, 0.25) is 0 Å². The summed E-state index contributed by atoms with van der Waals surface area (Å²) < 4.78 is 5.08. The Labute approximate surface area is 182 Å². The summed E-state index contributed by atoms with van der Waals surface area (Å²) in [5.74, 6) is -0.102. The number of aliphatic hydroxyl groups excluding tert-OH is 1. The van der Waals surface area contributed by atoms with Crippen LogP contribution in [0.5, 0.6) is 0 Å². The fourth-order valence-corrected chi connectivity index (χ4v) is 4.56. The minimum atomic E-state index is -3.09. The first-order chi connectivity index (χ1) is 14.8. The minimum Gasteiger partial charge on any atom is -0.409 e. The second kappa shape index (κ2) is 9.52. The standard InChI is InChI=1S/C22H27N3O5Si/c1-15-6-4-7-17(12-15)24-20(23-10-5-11-31(29,14-26)30-3)16-8-9-18-19(13-16)22(28)25(2)21(18)27/h4,6-9,12-13,26,29H,5,10-11,14H2,1-3H3,(H,23,24). The van der Waals surface area contributed by atoms with Crippen molar-refractivity contribution in [1.82, 2.24) is 4.90 Å². The number of amides is 2. The third-order valence-corrected chi connectivity index (χ3v) is 7.66. The molecule has 0 aromatic heterocycles. The molecule has 3 rings (SSSR count). The predicted molar refractivity (Wildman–Crippen MR) is 121 cm³/mol. The monoisotopic (exact) mass is 441 g/mol. The summed E-state index contributed by atoms with van der Waals surface area (Å²) in [4.78, 5) is 40.5. The number of carbonyl (C=O) groups excluding carboxylic acids is 2. The Kier molecular flexibility index (Phi) is 7.01. The molecule has 0 spiro atoms. The van der Waals surface area contributed by atoms with Gasteiger partial charge in [-0.3, -0.25) is 19.5 Å². The number of carbonyl (C=O) groups is 2. The lowest BCUT2D eigenvalue weighted by Gasteiger charge is -2.19. The third kappa shape index (κ3) is 5.08. The Morgan fingerprint density at radius 2 is 1.90 bits per heavy atom. The molecule has 0 aliphatic carbocycles. The maximum atomic E-state index is 12.4. The van der Waals surface area contributed by atoms with Crippen molar-refractivity contribution in [3.05, 3.63) is 64.7 Å². The molecule has 1 unspecified atom stereocenters. The summed E-state index contributed by atoms with van der Waals surface area (Å²) in [5, 5.41) is 12.6. The lowest BCUT2D eigenvalue weighted by atomic mass is 10.0. The van der Waals surface area contributed by atoms with Crippen molar-refractivity contribution < 1.29 is 23.9 Å². The van der Waals surface area contributed by atoms with Crippen molar-refractivity contribution >= 4 is 31.9 Å². The van der Waals surface area contributed by atoms with E-state index in [1.165, 1.54) is 14.2 Å². The fourth-order valence-electron chi connectivity index (χ4n) is 3.36. The highest BCUT2D eigenvalue weighted by atomic mass is 28.4. The topological polar surface area (TPSA) is 111 Å². The molecule has 8 nitrogen and oxygen atoms in total. The van der Waals surface area contributed by atoms with Crippen LogP contribution in [0.4, 0.5) is 5.69 Å². The highest BCUT2D eigenvalue weighted by molar-refractivity contribution is 6.65. The molecule has 2 aromatic carbocycles. The zero-order chi connectivity index (χ0) is 22.6. The van der Waals surface area contributed by atoms with Gasteiger partial charge in [-0.05, 0) is 49.2 Å². The number of nitrogens with one attached hydrogen (secondary N) is 1. The zero-order valence-electron chi connectivity index (χ0n) is 17.9. The van der Waals surface area contributed by atoms with Gasteiger partial charge in [0.15, 0.2) is 0 Å². The van der Waals surface area contributed by atoms with Crippen LogP contribution in [0.3, 0.4) is 0 Å². The number of anilines is 1. The molecular weight excluding hydrogens is 414 g/mol. The molecule has 9 heteroatoms. The molecule has 3 N–H and O–H groups in total. The summed E-state index contributed by atoms with van der Waals surface area (Å²) in [7, 11) is -0.227. The average Bonchev–Trinajstić information content (AvgIpc) is 2.99. The van der Waals surface area contributed by atoms with Crippen LogP contribution in [0.15, 0.2) is 47.5 Å².